The highest BCUT2D eigenvalue weighted by Crippen LogP contribution is 2.32. The number of alkyl halides is 1. The van der Waals surface area contributed by atoms with E-state index in [-0.39, 0.29) is 17.1 Å². The second-order valence-electron chi connectivity index (χ2n) is 5.01. The van der Waals surface area contributed by atoms with Crippen molar-refractivity contribution in [3.8, 4) is 0 Å². The SMILES string of the molecule is CN(CC1CC(Cl)C1)C(=O)c1ccc([N+](=O)[O-])n1C. The molecule has 1 saturated carbocycles. The van der Waals surface area contributed by atoms with Crippen molar-refractivity contribution in [1.29, 1.82) is 0 Å². The lowest BCUT2D eigenvalue weighted by Gasteiger charge is -2.33. The van der Waals surface area contributed by atoms with Crippen LogP contribution in [-0.4, -0.2) is 39.3 Å². The minimum atomic E-state index is -0.499. The van der Waals surface area contributed by atoms with Gasteiger partial charge in [-0.3, -0.25) is 4.79 Å². The van der Waals surface area contributed by atoms with Crippen molar-refractivity contribution in [3.05, 3.63) is 27.9 Å². The van der Waals surface area contributed by atoms with Crippen LogP contribution in [0, 0.1) is 16.0 Å². The van der Waals surface area contributed by atoms with Crippen LogP contribution in [0.5, 0.6) is 0 Å². The largest absolute Gasteiger partial charge is 0.358 e. The minimum Gasteiger partial charge on any atom is -0.358 e. The topological polar surface area (TPSA) is 68.4 Å². The van der Waals surface area contributed by atoms with Gasteiger partial charge < -0.3 is 15.0 Å². The van der Waals surface area contributed by atoms with Gasteiger partial charge in [0.15, 0.2) is 5.69 Å². The first kappa shape index (κ1) is 13.9. The number of hydrogen-bond donors (Lipinski definition) is 0. The predicted octanol–water partition coefficient (Wildman–Crippen LogP) is 2.02. The fourth-order valence-electron chi connectivity index (χ4n) is 2.37. The summed E-state index contributed by atoms with van der Waals surface area (Å²) in [5.41, 5.74) is 0.330. The summed E-state index contributed by atoms with van der Waals surface area (Å²) in [5.74, 6) is 0.154. The third kappa shape index (κ3) is 2.73. The molecule has 0 unspecified atom stereocenters. The Balaban J connectivity index is 2.04. The Morgan fingerprint density at radius 2 is 2.21 bits per heavy atom. The molecule has 7 heteroatoms. The van der Waals surface area contributed by atoms with Gasteiger partial charge in [0.25, 0.3) is 5.91 Å². The molecule has 0 bridgehead atoms. The van der Waals surface area contributed by atoms with E-state index < -0.39 is 4.92 Å². The average molecular weight is 286 g/mol. The molecule has 0 radical (unpaired) electrons. The molecule has 104 valence electrons. The van der Waals surface area contributed by atoms with E-state index in [0.717, 1.165) is 12.8 Å². The zero-order chi connectivity index (χ0) is 14.2. The number of nitro groups is 1. The van der Waals surface area contributed by atoms with Crippen molar-refractivity contribution in [1.82, 2.24) is 9.47 Å². The highest BCUT2D eigenvalue weighted by Gasteiger charge is 2.31. The zero-order valence-electron chi connectivity index (χ0n) is 10.9. The van der Waals surface area contributed by atoms with Gasteiger partial charge in [0.1, 0.15) is 0 Å². The normalized spacial score (nSPS) is 21.8. The lowest BCUT2D eigenvalue weighted by molar-refractivity contribution is -0.391. The van der Waals surface area contributed by atoms with Crippen LogP contribution in [0.1, 0.15) is 23.3 Å². The van der Waals surface area contributed by atoms with Crippen molar-refractivity contribution in [3.63, 3.8) is 0 Å². The highest BCUT2D eigenvalue weighted by atomic mass is 35.5. The summed E-state index contributed by atoms with van der Waals surface area (Å²) in [6, 6.07) is 2.83. The number of carbonyl (C=O) groups is 1. The molecule has 0 saturated heterocycles. The molecule has 19 heavy (non-hydrogen) atoms. The lowest BCUT2D eigenvalue weighted by Crippen LogP contribution is -2.38. The summed E-state index contributed by atoms with van der Waals surface area (Å²) < 4.78 is 1.31. The quantitative estimate of drug-likeness (QED) is 0.483. The molecule has 1 aliphatic carbocycles. The van der Waals surface area contributed by atoms with Crippen LogP contribution in [0.25, 0.3) is 0 Å². The number of hydrogen-bond acceptors (Lipinski definition) is 3. The number of amides is 1. The van der Waals surface area contributed by atoms with Crippen LogP contribution < -0.4 is 0 Å². The maximum Gasteiger partial charge on any atom is 0.323 e. The minimum absolute atomic E-state index is 0.0822. The molecule has 6 nitrogen and oxygen atoms in total. The van der Waals surface area contributed by atoms with Crippen molar-refractivity contribution in [2.24, 2.45) is 13.0 Å². The lowest BCUT2D eigenvalue weighted by atomic mass is 9.84. The van der Waals surface area contributed by atoms with Gasteiger partial charge in [-0.05, 0) is 29.7 Å². The first-order chi connectivity index (χ1) is 8.90. The summed E-state index contributed by atoms with van der Waals surface area (Å²) >= 11 is 5.90. The van der Waals surface area contributed by atoms with Gasteiger partial charge in [-0.15, -0.1) is 11.6 Å². The van der Waals surface area contributed by atoms with E-state index in [1.165, 1.54) is 23.7 Å². The number of carbonyl (C=O) groups excluding carboxylic acids is 1. The Hall–Kier alpha value is -1.56. The fraction of sp³-hybridized carbons (Fsp3) is 0.583. The van der Waals surface area contributed by atoms with Gasteiger partial charge in [-0.2, -0.15) is 0 Å². The Labute approximate surface area is 116 Å². The van der Waals surface area contributed by atoms with Crippen LogP contribution in [-0.2, 0) is 7.05 Å². The van der Waals surface area contributed by atoms with E-state index in [2.05, 4.69) is 0 Å². The molecular weight excluding hydrogens is 270 g/mol. The van der Waals surface area contributed by atoms with Gasteiger partial charge in [0, 0.05) is 25.0 Å². The smallest absolute Gasteiger partial charge is 0.323 e. The Morgan fingerprint density at radius 3 is 2.68 bits per heavy atom. The Morgan fingerprint density at radius 1 is 1.58 bits per heavy atom. The van der Waals surface area contributed by atoms with E-state index >= 15 is 0 Å². The summed E-state index contributed by atoms with van der Waals surface area (Å²) in [4.78, 5) is 24.1. The molecule has 0 atom stereocenters. The second kappa shape index (κ2) is 5.21. The molecule has 1 amide bonds. The van der Waals surface area contributed by atoms with Crippen molar-refractivity contribution < 1.29 is 9.72 Å². The summed E-state index contributed by atoms with van der Waals surface area (Å²) in [7, 11) is 3.24. The molecule has 1 aromatic heterocycles. The van der Waals surface area contributed by atoms with E-state index in [1.54, 1.807) is 11.9 Å². The third-order valence-electron chi connectivity index (χ3n) is 3.56. The fourth-order valence-corrected chi connectivity index (χ4v) is 2.87. The summed E-state index contributed by atoms with van der Waals surface area (Å²) in [6.07, 6.45) is 1.85. The van der Waals surface area contributed by atoms with E-state index in [1.807, 2.05) is 0 Å². The average Bonchev–Trinajstić information content (AvgIpc) is 2.68. The molecule has 1 aromatic rings. The van der Waals surface area contributed by atoms with E-state index in [0.29, 0.717) is 18.2 Å². The first-order valence-corrected chi connectivity index (χ1v) is 6.53. The predicted molar refractivity (Wildman–Crippen MR) is 71.4 cm³/mol. The molecule has 1 aliphatic rings. The Kier molecular flexibility index (Phi) is 3.80. The van der Waals surface area contributed by atoms with Gasteiger partial charge in [0.2, 0.25) is 0 Å². The second-order valence-corrected chi connectivity index (χ2v) is 5.63. The molecule has 0 N–H and O–H groups in total. The van der Waals surface area contributed by atoms with Crippen LogP contribution >= 0.6 is 11.6 Å². The molecule has 0 aromatic carbocycles. The highest BCUT2D eigenvalue weighted by molar-refractivity contribution is 6.21. The number of halogens is 1. The number of aromatic nitrogens is 1. The van der Waals surface area contributed by atoms with E-state index in [9.17, 15) is 14.9 Å². The molecule has 1 heterocycles. The van der Waals surface area contributed by atoms with Crippen LogP contribution in [0.15, 0.2) is 12.1 Å². The van der Waals surface area contributed by atoms with Crippen molar-refractivity contribution >= 4 is 23.3 Å². The van der Waals surface area contributed by atoms with Crippen LogP contribution in [0.2, 0.25) is 0 Å². The first-order valence-electron chi connectivity index (χ1n) is 6.09. The van der Waals surface area contributed by atoms with Crippen LogP contribution in [0.4, 0.5) is 5.82 Å². The van der Waals surface area contributed by atoms with Crippen LogP contribution in [0.3, 0.4) is 0 Å². The summed E-state index contributed by atoms with van der Waals surface area (Å²) in [6.45, 7) is 0.640. The maximum absolute atomic E-state index is 12.2. The maximum atomic E-state index is 12.2. The van der Waals surface area contributed by atoms with Gasteiger partial charge in [0.05, 0.1) is 7.05 Å². The monoisotopic (exact) mass is 285 g/mol. The molecule has 0 aliphatic heterocycles. The molecule has 2 rings (SSSR count). The third-order valence-corrected chi connectivity index (χ3v) is 3.91. The van der Waals surface area contributed by atoms with Gasteiger partial charge in [-0.25, -0.2) is 4.57 Å². The molecule has 0 spiro atoms. The van der Waals surface area contributed by atoms with E-state index in [4.69, 9.17) is 11.6 Å². The Bertz CT molecular complexity index is 508. The number of rotatable bonds is 4. The van der Waals surface area contributed by atoms with Crippen molar-refractivity contribution in [2.75, 3.05) is 13.6 Å². The molecule has 1 fully saturated rings. The van der Waals surface area contributed by atoms with Gasteiger partial charge in [-0.1, -0.05) is 0 Å². The number of nitrogens with zero attached hydrogens (tertiary/aromatic N) is 3. The van der Waals surface area contributed by atoms with Gasteiger partial charge >= 0.3 is 5.82 Å². The standard InChI is InChI=1S/C12H16ClN3O3/c1-14(7-8-5-9(13)6-8)12(17)10-3-4-11(15(10)2)16(18)19/h3-4,8-9H,5-7H2,1-2H3. The molecular formula is C12H16ClN3O3. The zero-order valence-corrected chi connectivity index (χ0v) is 11.6. The van der Waals surface area contributed by atoms with Crippen molar-refractivity contribution in [2.45, 2.75) is 18.2 Å². The summed E-state index contributed by atoms with van der Waals surface area (Å²) in [5, 5.41) is 11.0.